The van der Waals surface area contributed by atoms with Gasteiger partial charge in [0.1, 0.15) is 0 Å². The molecule has 0 amide bonds. The van der Waals surface area contributed by atoms with E-state index in [4.69, 9.17) is 0 Å². The predicted octanol–water partition coefficient (Wildman–Crippen LogP) is 4.84. The van der Waals surface area contributed by atoms with Gasteiger partial charge in [0.25, 0.3) is 5.92 Å². The summed E-state index contributed by atoms with van der Waals surface area (Å²) < 4.78 is 65.8. The number of hydrogen-bond donors (Lipinski definition) is 1. The second-order valence-corrected chi connectivity index (χ2v) is 5.68. The Morgan fingerprint density at radius 1 is 1.16 bits per heavy atom. The Balaban J connectivity index is 2.40. The molecule has 0 fully saturated rings. The molecule has 4 nitrogen and oxygen atoms in total. The number of hydrogen-bond acceptors (Lipinski definition) is 4. The van der Waals surface area contributed by atoms with Crippen molar-refractivity contribution in [1.82, 2.24) is 15.0 Å². The molecule has 25 heavy (non-hydrogen) atoms. The number of pyridine rings is 1. The Morgan fingerprint density at radius 3 is 2.40 bits per heavy atom. The third-order valence-corrected chi connectivity index (χ3v) is 3.03. The highest BCUT2D eigenvalue weighted by atomic mass is 19.4. The van der Waals surface area contributed by atoms with E-state index in [0.717, 1.165) is 11.8 Å². The number of anilines is 1. The van der Waals surface area contributed by atoms with Crippen molar-refractivity contribution >= 4 is 5.69 Å². The molecule has 0 radical (unpaired) electrons. The van der Waals surface area contributed by atoms with Crippen LogP contribution in [0.25, 0.3) is 11.4 Å². The van der Waals surface area contributed by atoms with E-state index in [-0.39, 0.29) is 11.5 Å². The zero-order valence-electron chi connectivity index (χ0n) is 13.5. The molecule has 2 aromatic rings. The first-order valence-corrected chi connectivity index (χ1v) is 7.14. The highest BCUT2D eigenvalue weighted by Crippen LogP contribution is 2.35. The zero-order chi connectivity index (χ0) is 18.8. The quantitative estimate of drug-likeness (QED) is 0.778. The number of alkyl halides is 5. The largest absolute Gasteiger partial charge is 0.435 e. The minimum atomic E-state index is -4.80. The van der Waals surface area contributed by atoms with Gasteiger partial charge in [0.15, 0.2) is 11.5 Å². The number of aromatic nitrogens is 3. The van der Waals surface area contributed by atoms with Gasteiger partial charge in [0.2, 0.25) is 0 Å². The fourth-order valence-electron chi connectivity index (χ4n) is 2.12. The lowest BCUT2D eigenvalue weighted by molar-refractivity contribution is -0.140. The lowest BCUT2D eigenvalue weighted by atomic mass is 10.2. The Morgan fingerprint density at radius 2 is 1.84 bits per heavy atom. The average Bonchev–Trinajstić information content (AvgIpc) is 2.44. The van der Waals surface area contributed by atoms with E-state index in [9.17, 15) is 22.0 Å². The molecule has 0 bridgehead atoms. The number of nitrogens with one attached hydrogen (secondary N) is 1. The van der Waals surface area contributed by atoms with E-state index in [1.54, 1.807) is 19.2 Å². The summed E-state index contributed by atoms with van der Waals surface area (Å²) in [5.74, 6) is -3.27. The Labute approximate surface area is 140 Å². The highest BCUT2D eigenvalue weighted by molar-refractivity contribution is 5.59. The minimum Gasteiger partial charge on any atom is -0.356 e. The van der Waals surface area contributed by atoms with Crippen LogP contribution in [0.1, 0.15) is 24.6 Å². The van der Waals surface area contributed by atoms with Gasteiger partial charge in [0, 0.05) is 23.7 Å². The van der Waals surface area contributed by atoms with Crippen molar-refractivity contribution in [3.63, 3.8) is 0 Å². The average molecular weight is 358 g/mol. The van der Waals surface area contributed by atoms with Gasteiger partial charge in [-0.2, -0.15) is 13.2 Å². The molecule has 1 N–H and O–H groups in total. The maximum Gasteiger partial charge on any atom is 0.435 e. The van der Waals surface area contributed by atoms with E-state index in [0.29, 0.717) is 12.5 Å². The van der Waals surface area contributed by atoms with Crippen LogP contribution in [0.3, 0.4) is 0 Å². The normalized spacial score (nSPS) is 12.1. The number of allylic oxidation sites excluding steroid dienone is 1. The van der Waals surface area contributed by atoms with Crippen molar-refractivity contribution in [3.05, 3.63) is 48.2 Å². The van der Waals surface area contributed by atoms with Gasteiger partial charge in [-0.1, -0.05) is 6.58 Å². The van der Waals surface area contributed by atoms with Crippen molar-refractivity contribution in [1.29, 1.82) is 0 Å². The van der Waals surface area contributed by atoms with Crippen LogP contribution in [0.4, 0.5) is 27.6 Å². The lowest BCUT2D eigenvalue weighted by Crippen LogP contribution is -2.17. The summed E-state index contributed by atoms with van der Waals surface area (Å²) in [6.07, 6.45) is -1.84. The Kier molecular flexibility index (Phi) is 5.05. The monoisotopic (exact) mass is 358 g/mol. The molecule has 2 rings (SSSR count). The van der Waals surface area contributed by atoms with E-state index in [1.165, 1.54) is 6.20 Å². The second kappa shape index (κ2) is 6.73. The fraction of sp³-hybridized carbons (Fsp3) is 0.312. The summed E-state index contributed by atoms with van der Waals surface area (Å²) >= 11 is 0. The number of nitrogens with zero attached hydrogens (tertiary/aromatic N) is 3. The van der Waals surface area contributed by atoms with Gasteiger partial charge in [-0.15, -0.1) is 0 Å². The number of rotatable bonds is 5. The summed E-state index contributed by atoms with van der Waals surface area (Å²) in [6.45, 7) is 5.70. The van der Waals surface area contributed by atoms with Crippen LogP contribution in [-0.4, -0.2) is 20.9 Å². The van der Waals surface area contributed by atoms with Crippen LogP contribution in [0.2, 0.25) is 0 Å². The van der Waals surface area contributed by atoms with Crippen molar-refractivity contribution in [2.45, 2.75) is 32.4 Å². The van der Waals surface area contributed by atoms with Crippen molar-refractivity contribution < 1.29 is 22.0 Å². The number of aryl methyl sites for hydroxylation is 1. The molecule has 2 aromatic heterocycles. The smallest absolute Gasteiger partial charge is 0.356 e. The topological polar surface area (TPSA) is 50.7 Å². The van der Waals surface area contributed by atoms with Crippen LogP contribution in [0.15, 0.2) is 36.9 Å². The Hall–Kier alpha value is -2.58. The maximum atomic E-state index is 13.3. The summed E-state index contributed by atoms with van der Waals surface area (Å²) in [5, 5.41) is 2.23. The van der Waals surface area contributed by atoms with Crippen LogP contribution < -0.4 is 5.32 Å². The first-order valence-electron chi connectivity index (χ1n) is 7.14. The first kappa shape index (κ1) is 18.8. The van der Waals surface area contributed by atoms with Crippen molar-refractivity contribution in [3.8, 4) is 11.4 Å². The molecule has 134 valence electrons. The molecule has 0 saturated carbocycles. The van der Waals surface area contributed by atoms with Crippen molar-refractivity contribution in [2.24, 2.45) is 0 Å². The summed E-state index contributed by atoms with van der Waals surface area (Å²) in [5.41, 5.74) is -1.02. The van der Waals surface area contributed by atoms with E-state index in [1.807, 2.05) is 0 Å². The molecule has 0 aliphatic rings. The molecular weight excluding hydrogens is 343 g/mol. The Bertz CT molecular complexity index is 781. The van der Waals surface area contributed by atoms with Crippen LogP contribution in [0, 0.1) is 6.92 Å². The SMILES string of the molecule is C=C(CC(C)(F)F)Nc1cnc(-c2cncc(C)c2)nc1C(F)(F)F. The van der Waals surface area contributed by atoms with Gasteiger partial charge in [0.05, 0.1) is 18.3 Å². The number of halogens is 5. The highest BCUT2D eigenvalue weighted by Gasteiger charge is 2.37. The van der Waals surface area contributed by atoms with E-state index < -0.39 is 29.9 Å². The summed E-state index contributed by atoms with van der Waals surface area (Å²) in [7, 11) is 0. The zero-order valence-corrected chi connectivity index (χ0v) is 13.5. The van der Waals surface area contributed by atoms with E-state index >= 15 is 0 Å². The standard InChI is InChI=1S/C16H15F5N4/c1-9-4-11(7-22-6-9)14-23-8-12(13(25-14)16(19,20)21)24-10(2)5-15(3,17)18/h4,6-8,24H,2,5H2,1,3H3. The van der Waals surface area contributed by atoms with Gasteiger partial charge < -0.3 is 5.32 Å². The minimum absolute atomic E-state index is 0.166. The summed E-state index contributed by atoms with van der Waals surface area (Å²) in [4.78, 5) is 11.3. The third-order valence-electron chi connectivity index (χ3n) is 3.03. The maximum absolute atomic E-state index is 13.3. The van der Waals surface area contributed by atoms with Gasteiger partial charge in [-0.25, -0.2) is 18.7 Å². The molecule has 0 aliphatic heterocycles. The molecule has 0 spiro atoms. The fourth-order valence-corrected chi connectivity index (χ4v) is 2.12. The lowest BCUT2D eigenvalue weighted by Gasteiger charge is -2.17. The molecule has 0 aromatic carbocycles. The molecule has 0 aliphatic carbocycles. The first-order chi connectivity index (χ1) is 11.5. The molecule has 9 heteroatoms. The van der Waals surface area contributed by atoms with Crippen LogP contribution in [-0.2, 0) is 6.18 Å². The molecule has 0 unspecified atom stereocenters. The second-order valence-electron chi connectivity index (χ2n) is 5.68. The molecular formula is C16H15F5N4. The van der Waals surface area contributed by atoms with Gasteiger partial charge >= 0.3 is 6.18 Å². The predicted molar refractivity (Wildman–Crippen MR) is 83.0 cm³/mol. The van der Waals surface area contributed by atoms with Gasteiger partial charge in [-0.3, -0.25) is 4.98 Å². The van der Waals surface area contributed by atoms with Crippen LogP contribution >= 0.6 is 0 Å². The summed E-state index contributed by atoms with van der Waals surface area (Å²) in [6, 6.07) is 1.59. The third kappa shape index (κ3) is 5.20. The van der Waals surface area contributed by atoms with Crippen molar-refractivity contribution in [2.75, 3.05) is 5.32 Å². The van der Waals surface area contributed by atoms with Crippen LogP contribution in [0.5, 0.6) is 0 Å². The van der Waals surface area contributed by atoms with Gasteiger partial charge in [-0.05, 0) is 25.5 Å². The van der Waals surface area contributed by atoms with E-state index in [2.05, 4.69) is 26.8 Å². The molecule has 0 saturated heterocycles. The molecule has 0 atom stereocenters. The molecule has 2 heterocycles.